The average molecular weight is 258 g/mol. The zero-order valence-corrected chi connectivity index (χ0v) is 10.3. The van der Waals surface area contributed by atoms with Crippen molar-refractivity contribution < 1.29 is 24.2 Å². The van der Waals surface area contributed by atoms with Gasteiger partial charge in [-0.1, -0.05) is 0 Å². The van der Waals surface area contributed by atoms with Crippen LogP contribution in [0.1, 0.15) is 6.92 Å². The minimum Gasteiger partial charge on any atom is -0.481 e. The lowest BCUT2D eigenvalue weighted by molar-refractivity contribution is -0.148. The fourth-order valence-electron chi connectivity index (χ4n) is 2.09. The van der Waals surface area contributed by atoms with Crippen LogP contribution in [0.25, 0.3) is 0 Å². The molecule has 0 radical (unpaired) electrons. The van der Waals surface area contributed by atoms with Gasteiger partial charge in [0.1, 0.15) is 5.41 Å². The maximum Gasteiger partial charge on any atom is 0.317 e. The predicted molar refractivity (Wildman–Crippen MR) is 61.3 cm³/mol. The number of hydrogen-bond acceptors (Lipinski definition) is 4. The number of carbonyl (C=O) groups excluding carboxylic acids is 1. The molecule has 2 heterocycles. The number of amides is 2. The number of nitrogens with one attached hydrogen (secondary N) is 1. The Morgan fingerprint density at radius 1 is 1.33 bits per heavy atom. The summed E-state index contributed by atoms with van der Waals surface area (Å²) in [5, 5.41) is 11.9. The minimum atomic E-state index is -1.05. The number of ether oxygens (including phenoxy) is 2. The number of hydrogen-bond donors (Lipinski definition) is 2. The smallest absolute Gasteiger partial charge is 0.317 e. The number of morpholine rings is 1. The molecule has 0 bridgehead atoms. The summed E-state index contributed by atoms with van der Waals surface area (Å²) < 4.78 is 10.3. The van der Waals surface area contributed by atoms with Crippen molar-refractivity contribution in [1.29, 1.82) is 0 Å². The number of urea groups is 1. The first-order valence-electron chi connectivity index (χ1n) is 5.98. The molecule has 0 aromatic heterocycles. The highest BCUT2D eigenvalue weighted by atomic mass is 16.5. The number of carboxylic acid groups (broad SMARTS) is 1. The van der Waals surface area contributed by atoms with E-state index in [1.54, 1.807) is 11.8 Å². The number of nitrogens with zero attached hydrogens (tertiary/aromatic N) is 1. The van der Waals surface area contributed by atoms with E-state index in [1.165, 1.54) is 0 Å². The second kappa shape index (κ2) is 5.11. The topological polar surface area (TPSA) is 88.1 Å². The third-order valence-electron chi connectivity index (χ3n) is 3.54. The molecule has 2 saturated heterocycles. The van der Waals surface area contributed by atoms with Crippen LogP contribution in [0.4, 0.5) is 4.79 Å². The lowest BCUT2D eigenvalue weighted by Gasteiger charge is -2.31. The van der Waals surface area contributed by atoms with E-state index < -0.39 is 17.4 Å². The minimum absolute atomic E-state index is 0.121. The number of carbonyl (C=O) groups is 2. The lowest BCUT2D eigenvalue weighted by atomic mass is 9.85. The number of aliphatic carboxylic acids is 1. The summed E-state index contributed by atoms with van der Waals surface area (Å²) in [5.41, 5.74) is -1.05. The zero-order valence-electron chi connectivity index (χ0n) is 10.3. The van der Waals surface area contributed by atoms with Gasteiger partial charge in [-0.3, -0.25) is 4.79 Å². The van der Waals surface area contributed by atoms with Gasteiger partial charge in [0, 0.05) is 13.1 Å². The summed E-state index contributed by atoms with van der Waals surface area (Å²) in [5.74, 6) is -0.952. The van der Waals surface area contributed by atoms with Gasteiger partial charge in [0.15, 0.2) is 0 Å². The van der Waals surface area contributed by atoms with Crippen molar-refractivity contribution in [3.63, 3.8) is 0 Å². The van der Waals surface area contributed by atoms with Gasteiger partial charge in [-0.2, -0.15) is 0 Å². The highest BCUT2D eigenvalue weighted by Crippen LogP contribution is 2.28. The van der Waals surface area contributed by atoms with E-state index in [1.807, 2.05) is 0 Å². The van der Waals surface area contributed by atoms with Gasteiger partial charge in [-0.05, 0) is 6.92 Å². The van der Waals surface area contributed by atoms with Crippen molar-refractivity contribution in [3.8, 4) is 0 Å². The number of rotatable bonds is 2. The molecule has 2 N–H and O–H groups in total. The largest absolute Gasteiger partial charge is 0.481 e. The van der Waals surface area contributed by atoms with E-state index in [2.05, 4.69) is 5.32 Å². The Labute approximate surface area is 105 Å². The van der Waals surface area contributed by atoms with E-state index in [0.717, 1.165) is 0 Å². The molecule has 0 aromatic rings. The van der Waals surface area contributed by atoms with E-state index in [0.29, 0.717) is 26.3 Å². The summed E-state index contributed by atoms with van der Waals surface area (Å²) in [4.78, 5) is 24.8. The Balaban J connectivity index is 1.95. The number of carboxylic acids is 1. The fraction of sp³-hybridized carbons (Fsp3) is 0.818. The molecule has 7 nitrogen and oxygen atoms in total. The van der Waals surface area contributed by atoms with Crippen molar-refractivity contribution >= 4 is 12.0 Å². The highest BCUT2D eigenvalue weighted by Gasteiger charge is 2.47. The molecular formula is C11H18N2O5. The molecule has 2 rings (SSSR count). The van der Waals surface area contributed by atoms with E-state index >= 15 is 0 Å². The van der Waals surface area contributed by atoms with Crippen LogP contribution < -0.4 is 5.32 Å². The van der Waals surface area contributed by atoms with Crippen LogP contribution in [0.5, 0.6) is 0 Å². The van der Waals surface area contributed by atoms with Crippen LogP contribution in [-0.4, -0.2) is 67.6 Å². The highest BCUT2D eigenvalue weighted by molar-refractivity contribution is 5.79. The average Bonchev–Trinajstić information content (AvgIpc) is 2.73. The Morgan fingerprint density at radius 2 is 2.00 bits per heavy atom. The quantitative estimate of drug-likeness (QED) is 0.698. The van der Waals surface area contributed by atoms with E-state index in [9.17, 15) is 14.7 Å². The molecule has 2 amide bonds. The van der Waals surface area contributed by atoms with Crippen molar-refractivity contribution in [2.24, 2.45) is 5.41 Å². The van der Waals surface area contributed by atoms with Gasteiger partial charge in [0.2, 0.25) is 0 Å². The summed E-state index contributed by atoms with van der Waals surface area (Å²) in [6.45, 7) is 4.05. The van der Waals surface area contributed by atoms with Gasteiger partial charge >= 0.3 is 12.0 Å². The SMILES string of the molecule is CC1(C(=O)O)COCC1NC(=O)N1CCOCC1. The van der Waals surface area contributed by atoms with Crippen LogP contribution >= 0.6 is 0 Å². The Morgan fingerprint density at radius 3 is 2.61 bits per heavy atom. The molecule has 2 unspecified atom stereocenters. The molecule has 0 aliphatic carbocycles. The summed E-state index contributed by atoms with van der Waals surface area (Å²) >= 11 is 0. The van der Waals surface area contributed by atoms with Crippen LogP contribution in [0.2, 0.25) is 0 Å². The Hall–Kier alpha value is -1.34. The van der Waals surface area contributed by atoms with Crippen LogP contribution in [0, 0.1) is 5.41 Å². The molecular weight excluding hydrogens is 240 g/mol. The first-order chi connectivity index (χ1) is 8.54. The van der Waals surface area contributed by atoms with Crippen molar-refractivity contribution in [1.82, 2.24) is 10.2 Å². The molecule has 0 spiro atoms. The predicted octanol–water partition coefficient (Wildman–Crippen LogP) is -0.482. The van der Waals surface area contributed by atoms with Gasteiger partial charge in [0.05, 0.1) is 32.5 Å². The maximum absolute atomic E-state index is 12.0. The third-order valence-corrected chi connectivity index (χ3v) is 3.54. The second-order valence-electron chi connectivity index (χ2n) is 4.84. The molecule has 7 heteroatoms. The van der Waals surface area contributed by atoms with Crippen molar-refractivity contribution in [2.75, 3.05) is 39.5 Å². The van der Waals surface area contributed by atoms with Crippen molar-refractivity contribution in [2.45, 2.75) is 13.0 Å². The van der Waals surface area contributed by atoms with Gasteiger partial charge < -0.3 is 24.8 Å². The fourth-order valence-corrected chi connectivity index (χ4v) is 2.09. The molecule has 2 fully saturated rings. The molecule has 102 valence electrons. The van der Waals surface area contributed by atoms with E-state index in [-0.39, 0.29) is 19.2 Å². The van der Waals surface area contributed by atoms with Crippen LogP contribution in [0.15, 0.2) is 0 Å². The van der Waals surface area contributed by atoms with Gasteiger partial charge in [-0.15, -0.1) is 0 Å². The first-order valence-corrected chi connectivity index (χ1v) is 5.98. The lowest BCUT2D eigenvalue weighted by Crippen LogP contribution is -2.55. The Kier molecular flexibility index (Phi) is 3.72. The van der Waals surface area contributed by atoms with Crippen LogP contribution in [-0.2, 0) is 14.3 Å². The Bertz CT molecular complexity index is 342. The molecule has 0 saturated carbocycles. The molecule has 2 aliphatic rings. The normalized spacial score (nSPS) is 32.3. The first kappa shape index (κ1) is 13.1. The summed E-state index contributed by atoms with van der Waals surface area (Å²) in [7, 11) is 0. The van der Waals surface area contributed by atoms with Gasteiger partial charge in [-0.25, -0.2) is 4.79 Å². The van der Waals surface area contributed by atoms with E-state index in [4.69, 9.17) is 9.47 Å². The van der Waals surface area contributed by atoms with Crippen molar-refractivity contribution in [3.05, 3.63) is 0 Å². The zero-order chi connectivity index (χ0) is 13.2. The molecule has 2 atom stereocenters. The maximum atomic E-state index is 12.0. The standard InChI is InChI=1S/C11H18N2O5/c1-11(9(14)15)7-18-6-8(11)12-10(16)13-2-4-17-5-3-13/h8H,2-7H2,1H3,(H,12,16)(H,14,15). The second-order valence-corrected chi connectivity index (χ2v) is 4.84. The van der Waals surface area contributed by atoms with Crippen LogP contribution in [0.3, 0.4) is 0 Å². The third kappa shape index (κ3) is 2.41. The molecule has 0 aromatic carbocycles. The molecule has 2 aliphatic heterocycles. The monoisotopic (exact) mass is 258 g/mol. The van der Waals surface area contributed by atoms with Gasteiger partial charge in [0.25, 0.3) is 0 Å². The molecule has 18 heavy (non-hydrogen) atoms. The summed E-state index contributed by atoms with van der Waals surface area (Å²) in [6.07, 6.45) is 0. The summed E-state index contributed by atoms with van der Waals surface area (Å²) in [6, 6.07) is -0.744.